The van der Waals surface area contributed by atoms with E-state index in [-0.39, 0.29) is 6.04 Å². The molecule has 0 aliphatic carbocycles. The molecule has 0 spiro atoms. The van der Waals surface area contributed by atoms with E-state index in [2.05, 4.69) is 15.6 Å². The first-order valence-electron chi connectivity index (χ1n) is 5.37. The number of halogens is 4. The maximum absolute atomic E-state index is 5.93. The van der Waals surface area contributed by atoms with Gasteiger partial charge in [0.25, 0.3) is 0 Å². The summed E-state index contributed by atoms with van der Waals surface area (Å²) in [5.74, 6) is 0.724. The molecule has 9 heteroatoms. The molecule has 0 saturated carbocycles. The fraction of sp³-hybridized carbons (Fsp3) is 0.667. The highest BCUT2D eigenvalue weighted by Crippen LogP contribution is 2.31. The average molecular weight is 334 g/mol. The summed E-state index contributed by atoms with van der Waals surface area (Å²) < 4.78 is -1.86. The van der Waals surface area contributed by atoms with Crippen molar-refractivity contribution in [2.75, 3.05) is 19.6 Å². The fourth-order valence-electron chi connectivity index (χ4n) is 1.72. The van der Waals surface area contributed by atoms with E-state index in [4.69, 9.17) is 51.2 Å². The SMILES string of the molecule is ClC1=CNC(=N[C@@H]2CCNC2)CN1OC(Cl)(Cl)Cl. The van der Waals surface area contributed by atoms with Gasteiger partial charge in [0, 0.05) is 12.7 Å². The van der Waals surface area contributed by atoms with Crippen molar-refractivity contribution in [3.63, 3.8) is 0 Å². The van der Waals surface area contributed by atoms with E-state index >= 15 is 0 Å². The fourth-order valence-corrected chi connectivity index (χ4v) is 2.12. The molecule has 18 heavy (non-hydrogen) atoms. The number of aliphatic imine (C=N–C) groups is 1. The summed E-state index contributed by atoms with van der Waals surface area (Å²) in [5.41, 5.74) is 0. The Balaban J connectivity index is 2.00. The van der Waals surface area contributed by atoms with E-state index in [0.717, 1.165) is 25.3 Å². The van der Waals surface area contributed by atoms with Crippen molar-refractivity contribution in [1.82, 2.24) is 15.7 Å². The molecule has 1 saturated heterocycles. The number of hydrogen-bond donors (Lipinski definition) is 2. The average Bonchev–Trinajstić information content (AvgIpc) is 2.74. The first-order chi connectivity index (χ1) is 8.44. The van der Waals surface area contributed by atoms with Gasteiger partial charge in [-0.25, -0.2) is 9.90 Å². The molecule has 2 aliphatic rings. The lowest BCUT2D eigenvalue weighted by Gasteiger charge is -2.30. The zero-order valence-electron chi connectivity index (χ0n) is 9.30. The molecule has 0 aromatic carbocycles. The number of nitrogens with zero attached hydrogens (tertiary/aromatic N) is 2. The van der Waals surface area contributed by atoms with Gasteiger partial charge in [-0.3, -0.25) is 4.99 Å². The molecule has 2 aliphatic heterocycles. The largest absolute Gasteiger partial charge is 0.346 e. The van der Waals surface area contributed by atoms with Crippen LogP contribution < -0.4 is 10.6 Å². The molecule has 5 nitrogen and oxygen atoms in total. The second-order valence-corrected chi connectivity index (χ2v) is 6.47. The van der Waals surface area contributed by atoms with E-state index in [1.807, 2.05) is 0 Å². The zero-order chi connectivity index (χ0) is 13.2. The quantitative estimate of drug-likeness (QED) is 0.599. The minimum atomic E-state index is -1.86. The summed E-state index contributed by atoms with van der Waals surface area (Å²) in [6.07, 6.45) is 2.55. The Hall–Kier alpha value is 0.0900. The zero-order valence-corrected chi connectivity index (χ0v) is 12.3. The predicted molar refractivity (Wildman–Crippen MR) is 73.9 cm³/mol. The molecule has 0 aromatic heterocycles. The Morgan fingerprint density at radius 2 is 2.22 bits per heavy atom. The van der Waals surface area contributed by atoms with Crippen molar-refractivity contribution < 1.29 is 4.84 Å². The van der Waals surface area contributed by atoms with Gasteiger partial charge >= 0.3 is 3.98 Å². The predicted octanol–water partition coefficient (Wildman–Crippen LogP) is 1.95. The molecular weight excluding hydrogens is 322 g/mol. The van der Waals surface area contributed by atoms with Crippen molar-refractivity contribution in [3.8, 4) is 0 Å². The Bertz CT molecular complexity index is 362. The molecule has 102 valence electrons. The molecule has 0 unspecified atom stereocenters. The van der Waals surface area contributed by atoms with Gasteiger partial charge in [0.1, 0.15) is 17.5 Å². The third-order valence-corrected chi connectivity index (χ3v) is 2.98. The summed E-state index contributed by atoms with van der Waals surface area (Å²) in [7, 11) is 0. The molecule has 2 heterocycles. The first kappa shape index (κ1) is 14.5. The number of hydroxylamine groups is 2. The van der Waals surface area contributed by atoms with Crippen LogP contribution in [0.3, 0.4) is 0 Å². The second kappa shape index (κ2) is 6.03. The molecule has 0 aromatic rings. The summed E-state index contributed by atoms with van der Waals surface area (Å²) >= 11 is 22.6. The van der Waals surface area contributed by atoms with Crippen LogP contribution in [0.25, 0.3) is 0 Å². The van der Waals surface area contributed by atoms with E-state index in [1.54, 1.807) is 6.20 Å². The Labute approximate surface area is 125 Å². The van der Waals surface area contributed by atoms with Gasteiger partial charge < -0.3 is 10.6 Å². The number of rotatable bonds is 2. The van der Waals surface area contributed by atoms with Crippen LogP contribution in [0.1, 0.15) is 6.42 Å². The van der Waals surface area contributed by atoms with Gasteiger partial charge in [-0.1, -0.05) is 46.4 Å². The summed E-state index contributed by atoms with van der Waals surface area (Å²) in [6, 6.07) is 0.257. The monoisotopic (exact) mass is 332 g/mol. The minimum Gasteiger partial charge on any atom is -0.346 e. The number of amidine groups is 1. The van der Waals surface area contributed by atoms with E-state index in [9.17, 15) is 0 Å². The summed E-state index contributed by atoms with van der Waals surface area (Å²) in [4.78, 5) is 9.62. The van der Waals surface area contributed by atoms with Crippen molar-refractivity contribution >= 4 is 52.2 Å². The van der Waals surface area contributed by atoms with E-state index < -0.39 is 3.98 Å². The molecular formula is C9H12Cl4N4O. The minimum absolute atomic E-state index is 0.257. The van der Waals surface area contributed by atoms with Gasteiger partial charge in [-0.15, -0.1) is 0 Å². The topological polar surface area (TPSA) is 48.9 Å². The van der Waals surface area contributed by atoms with Crippen LogP contribution in [0.5, 0.6) is 0 Å². The molecule has 0 radical (unpaired) electrons. The van der Waals surface area contributed by atoms with Crippen LogP contribution in [0, 0.1) is 0 Å². The lowest BCUT2D eigenvalue weighted by atomic mass is 10.3. The highest BCUT2D eigenvalue weighted by molar-refractivity contribution is 6.66. The Morgan fingerprint density at radius 1 is 1.44 bits per heavy atom. The maximum Gasteiger partial charge on any atom is 0.319 e. The lowest BCUT2D eigenvalue weighted by Crippen LogP contribution is -2.41. The number of nitrogens with one attached hydrogen (secondary N) is 2. The Kier molecular flexibility index (Phi) is 4.86. The number of alkyl halides is 3. The Morgan fingerprint density at radius 3 is 2.83 bits per heavy atom. The second-order valence-electron chi connectivity index (χ2n) is 3.91. The van der Waals surface area contributed by atoms with Crippen molar-refractivity contribution in [1.29, 1.82) is 0 Å². The van der Waals surface area contributed by atoms with E-state index in [1.165, 1.54) is 5.06 Å². The third kappa shape index (κ3) is 4.33. The van der Waals surface area contributed by atoms with Gasteiger partial charge in [0.15, 0.2) is 0 Å². The van der Waals surface area contributed by atoms with Crippen molar-refractivity contribution in [2.45, 2.75) is 16.4 Å². The van der Waals surface area contributed by atoms with Gasteiger partial charge in [0.05, 0.1) is 6.04 Å². The molecule has 1 fully saturated rings. The normalized spacial score (nSPS) is 27.3. The molecule has 1 atom stereocenters. The highest BCUT2D eigenvalue weighted by Gasteiger charge is 2.29. The summed E-state index contributed by atoms with van der Waals surface area (Å²) in [6.45, 7) is 2.15. The van der Waals surface area contributed by atoms with Gasteiger partial charge in [-0.05, 0) is 13.0 Å². The van der Waals surface area contributed by atoms with Gasteiger partial charge in [0.2, 0.25) is 0 Å². The maximum atomic E-state index is 5.93. The van der Waals surface area contributed by atoms with E-state index in [0.29, 0.717) is 11.7 Å². The first-order valence-corrected chi connectivity index (χ1v) is 6.88. The summed E-state index contributed by atoms with van der Waals surface area (Å²) in [5, 5.41) is 7.80. The van der Waals surface area contributed by atoms with Crippen LogP contribution in [0.4, 0.5) is 0 Å². The van der Waals surface area contributed by atoms with Crippen LogP contribution in [-0.4, -0.2) is 40.6 Å². The van der Waals surface area contributed by atoms with Crippen LogP contribution in [0.15, 0.2) is 16.3 Å². The molecule has 2 N–H and O–H groups in total. The molecule has 2 rings (SSSR count). The van der Waals surface area contributed by atoms with Crippen LogP contribution >= 0.6 is 46.4 Å². The van der Waals surface area contributed by atoms with Crippen LogP contribution in [-0.2, 0) is 4.84 Å². The third-order valence-electron chi connectivity index (χ3n) is 2.48. The van der Waals surface area contributed by atoms with Crippen molar-refractivity contribution in [3.05, 3.63) is 11.4 Å². The van der Waals surface area contributed by atoms with Crippen molar-refractivity contribution in [2.24, 2.45) is 4.99 Å². The number of hydrogen-bond acceptors (Lipinski definition) is 4. The lowest BCUT2D eigenvalue weighted by molar-refractivity contribution is -0.122. The molecule has 0 amide bonds. The van der Waals surface area contributed by atoms with Crippen LogP contribution in [0.2, 0.25) is 0 Å². The van der Waals surface area contributed by atoms with Gasteiger partial charge in [-0.2, -0.15) is 0 Å². The standard InChI is InChI=1S/C9H12Cl4N4O/c10-7-4-15-8(16-6-1-2-14-3-6)5-17(7)18-9(11,12)13/h4,6,14H,1-3,5H2,(H,15,16)/t6-/m1/s1. The molecule has 0 bridgehead atoms. The highest BCUT2D eigenvalue weighted by atomic mass is 35.6. The smallest absolute Gasteiger partial charge is 0.319 e.